The molecule has 0 saturated heterocycles. The van der Waals surface area contributed by atoms with Crippen molar-refractivity contribution in [2.75, 3.05) is 19.4 Å². The maximum absolute atomic E-state index is 11.4. The van der Waals surface area contributed by atoms with Crippen molar-refractivity contribution < 1.29 is 13.2 Å². The van der Waals surface area contributed by atoms with Gasteiger partial charge in [-0.25, -0.2) is 13.1 Å². The van der Waals surface area contributed by atoms with Crippen LogP contribution in [0.25, 0.3) is 0 Å². The molecule has 1 rings (SSSR count). The average Bonchev–Trinajstić information content (AvgIpc) is 2.28. The molecule has 7 heteroatoms. The number of hydrogen-bond acceptors (Lipinski definition) is 4. The van der Waals surface area contributed by atoms with Crippen molar-refractivity contribution >= 4 is 27.2 Å². The molecular formula is C11H16N2O3S2. The molecule has 5 nitrogen and oxygen atoms in total. The van der Waals surface area contributed by atoms with Gasteiger partial charge in [0.1, 0.15) is 11.5 Å². The molecule has 1 aromatic carbocycles. The van der Waals surface area contributed by atoms with Gasteiger partial charge in [0.25, 0.3) is 0 Å². The first-order valence-corrected chi connectivity index (χ1v) is 7.37. The first-order chi connectivity index (χ1) is 8.43. The van der Waals surface area contributed by atoms with Gasteiger partial charge >= 0.3 is 0 Å². The highest BCUT2D eigenvalue weighted by molar-refractivity contribution is 7.92. The van der Waals surface area contributed by atoms with Crippen molar-refractivity contribution in [3.05, 3.63) is 29.8 Å². The molecule has 18 heavy (non-hydrogen) atoms. The van der Waals surface area contributed by atoms with E-state index in [1.165, 1.54) is 0 Å². The number of hydrogen-bond donors (Lipinski definition) is 2. The molecule has 0 atom stereocenters. The van der Waals surface area contributed by atoms with E-state index in [-0.39, 0.29) is 10.7 Å². The molecule has 0 bridgehead atoms. The number of benzene rings is 1. The van der Waals surface area contributed by atoms with Crippen LogP contribution in [-0.4, -0.2) is 32.8 Å². The first-order valence-electron chi connectivity index (χ1n) is 5.31. The quantitative estimate of drug-likeness (QED) is 0.712. The van der Waals surface area contributed by atoms with Gasteiger partial charge in [0.05, 0.1) is 12.1 Å². The second-order valence-corrected chi connectivity index (χ2v) is 6.05. The summed E-state index contributed by atoms with van der Waals surface area (Å²) in [6.07, 6.45) is 0.598. The van der Waals surface area contributed by atoms with Gasteiger partial charge in [-0.05, 0) is 24.1 Å². The Hall–Kier alpha value is -1.18. The zero-order valence-electron chi connectivity index (χ0n) is 10.0. The molecule has 0 radical (unpaired) electrons. The highest BCUT2D eigenvalue weighted by atomic mass is 32.2. The summed E-state index contributed by atoms with van der Waals surface area (Å²) in [7, 11) is -1.81. The van der Waals surface area contributed by atoms with E-state index in [4.69, 9.17) is 10.5 Å². The summed E-state index contributed by atoms with van der Waals surface area (Å²) in [6.45, 7) is 0.317. The van der Waals surface area contributed by atoms with E-state index in [1.807, 2.05) is 24.3 Å². The van der Waals surface area contributed by atoms with Crippen LogP contribution in [-0.2, 0) is 16.4 Å². The van der Waals surface area contributed by atoms with Crippen LogP contribution in [0.15, 0.2) is 24.3 Å². The van der Waals surface area contributed by atoms with Gasteiger partial charge in [0.2, 0.25) is 10.0 Å². The lowest BCUT2D eigenvalue weighted by Gasteiger charge is -2.06. The van der Waals surface area contributed by atoms with Crippen LogP contribution < -0.4 is 15.2 Å². The molecule has 0 aliphatic rings. The molecule has 0 saturated carbocycles. The molecule has 1 aromatic rings. The molecule has 0 fully saturated rings. The Labute approximate surface area is 112 Å². The van der Waals surface area contributed by atoms with Crippen LogP contribution >= 0.6 is 12.2 Å². The predicted molar refractivity (Wildman–Crippen MR) is 75.3 cm³/mol. The largest absolute Gasteiger partial charge is 0.497 e. The molecule has 0 unspecified atom stereocenters. The summed E-state index contributed by atoms with van der Waals surface area (Å²) >= 11 is 4.56. The number of nitrogens with two attached hydrogens (primary N) is 1. The molecule has 0 spiro atoms. The van der Waals surface area contributed by atoms with Crippen molar-refractivity contribution in [3.8, 4) is 5.75 Å². The number of ether oxygens (including phenoxy) is 1. The van der Waals surface area contributed by atoms with Crippen molar-refractivity contribution in [1.82, 2.24) is 4.72 Å². The second kappa shape index (κ2) is 6.67. The number of nitrogens with one attached hydrogen (secondary N) is 1. The lowest BCUT2D eigenvalue weighted by Crippen LogP contribution is -2.33. The van der Waals surface area contributed by atoms with Crippen LogP contribution in [0.5, 0.6) is 5.75 Å². The molecule has 0 heterocycles. The fraction of sp³-hybridized carbons (Fsp3) is 0.364. The van der Waals surface area contributed by atoms with E-state index in [9.17, 15) is 8.42 Å². The number of sulfonamides is 1. The zero-order valence-corrected chi connectivity index (χ0v) is 11.7. The van der Waals surface area contributed by atoms with Crippen molar-refractivity contribution in [1.29, 1.82) is 0 Å². The third-order valence-corrected chi connectivity index (χ3v) is 3.89. The lowest BCUT2D eigenvalue weighted by atomic mass is 10.1. The third-order valence-electron chi connectivity index (χ3n) is 2.23. The minimum Gasteiger partial charge on any atom is -0.497 e. The number of methoxy groups -OCH3 is 1. The highest BCUT2D eigenvalue weighted by Crippen LogP contribution is 2.11. The molecule has 0 aliphatic carbocycles. The summed E-state index contributed by atoms with van der Waals surface area (Å²) in [6, 6.07) is 7.44. The first kappa shape index (κ1) is 14.9. The van der Waals surface area contributed by atoms with Crippen LogP contribution in [0.1, 0.15) is 5.56 Å². The van der Waals surface area contributed by atoms with Crippen LogP contribution in [0.3, 0.4) is 0 Å². The molecule has 100 valence electrons. The number of rotatable bonds is 7. The fourth-order valence-corrected chi connectivity index (χ4v) is 2.74. The number of thiocarbonyl (C=S) groups is 1. The Morgan fingerprint density at radius 1 is 1.39 bits per heavy atom. The fourth-order valence-electron chi connectivity index (χ4n) is 1.38. The van der Waals surface area contributed by atoms with E-state index >= 15 is 0 Å². The summed E-state index contributed by atoms with van der Waals surface area (Å²) < 4.78 is 30.3. The van der Waals surface area contributed by atoms with Gasteiger partial charge in [-0.2, -0.15) is 0 Å². The minimum absolute atomic E-state index is 0.0352. The van der Waals surface area contributed by atoms with Gasteiger partial charge in [0.15, 0.2) is 0 Å². The summed E-state index contributed by atoms with van der Waals surface area (Å²) in [5.74, 6) is 0.457. The maximum atomic E-state index is 11.4. The predicted octanol–water partition coefficient (Wildman–Crippen LogP) is 0.443. The Bertz CT molecular complexity index is 498. The monoisotopic (exact) mass is 288 g/mol. The van der Waals surface area contributed by atoms with E-state index in [0.29, 0.717) is 13.0 Å². The standard InChI is InChI=1S/C11H16N2O3S2/c1-16-10-4-2-9(3-5-10)6-7-13-18(14,15)8-11(12)17/h2-5,13H,6-8H2,1H3,(H2,12,17). The zero-order chi connectivity index (χ0) is 13.6. The van der Waals surface area contributed by atoms with Crippen LogP contribution in [0.2, 0.25) is 0 Å². The summed E-state index contributed by atoms with van der Waals surface area (Å²) in [5.41, 5.74) is 6.21. The Morgan fingerprint density at radius 3 is 2.50 bits per heavy atom. The van der Waals surface area contributed by atoms with Gasteiger partial charge in [0, 0.05) is 6.54 Å². The van der Waals surface area contributed by atoms with E-state index < -0.39 is 10.0 Å². The topological polar surface area (TPSA) is 81.4 Å². The molecular weight excluding hydrogens is 272 g/mol. The van der Waals surface area contributed by atoms with Crippen molar-refractivity contribution in [3.63, 3.8) is 0 Å². The van der Waals surface area contributed by atoms with Gasteiger partial charge in [-0.15, -0.1) is 0 Å². The van der Waals surface area contributed by atoms with Crippen molar-refractivity contribution in [2.24, 2.45) is 5.73 Å². The smallest absolute Gasteiger partial charge is 0.218 e. The Balaban J connectivity index is 2.43. The van der Waals surface area contributed by atoms with E-state index in [1.54, 1.807) is 7.11 Å². The molecule has 0 amide bonds. The Morgan fingerprint density at radius 2 is 2.00 bits per heavy atom. The van der Waals surface area contributed by atoms with Crippen LogP contribution in [0.4, 0.5) is 0 Å². The summed E-state index contributed by atoms with van der Waals surface area (Å²) in [4.78, 5) is -0.0352. The van der Waals surface area contributed by atoms with E-state index in [0.717, 1.165) is 11.3 Å². The molecule has 3 N–H and O–H groups in total. The van der Waals surface area contributed by atoms with Gasteiger partial charge in [-0.3, -0.25) is 0 Å². The molecule has 0 aliphatic heterocycles. The van der Waals surface area contributed by atoms with Gasteiger partial charge in [-0.1, -0.05) is 24.4 Å². The minimum atomic E-state index is -3.40. The van der Waals surface area contributed by atoms with E-state index in [2.05, 4.69) is 16.9 Å². The third kappa shape index (κ3) is 5.44. The SMILES string of the molecule is COc1ccc(CCNS(=O)(=O)CC(N)=S)cc1. The summed E-state index contributed by atoms with van der Waals surface area (Å²) in [5, 5.41) is 0. The highest BCUT2D eigenvalue weighted by Gasteiger charge is 2.10. The van der Waals surface area contributed by atoms with Gasteiger partial charge < -0.3 is 10.5 Å². The Kier molecular flexibility index (Phi) is 5.52. The molecule has 0 aromatic heterocycles. The second-order valence-electron chi connectivity index (χ2n) is 3.72. The normalized spacial score (nSPS) is 11.2. The maximum Gasteiger partial charge on any atom is 0.218 e. The lowest BCUT2D eigenvalue weighted by molar-refractivity contribution is 0.414. The van der Waals surface area contributed by atoms with Crippen molar-refractivity contribution in [2.45, 2.75) is 6.42 Å². The average molecular weight is 288 g/mol. The van der Waals surface area contributed by atoms with Crippen LogP contribution in [0, 0.1) is 0 Å².